The Morgan fingerprint density at radius 3 is 2.64 bits per heavy atom. The van der Waals surface area contributed by atoms with E-state index in [1.807, 2.05) is 0 Å². The number of rotatable bonds is 2. The Balaban J connectivity index is 2.34. The molecule has 1 saturated heterocycles. The molecular weight excluding hydrogens is 193 g/mol. The third-order valence-electron chi connectivity index (χ3n) is 2.55. The molecule has 1 aliphatic heterocycles. The monoisotopic (exact) mass is 210 g/mol. The van der Waals surface area contributed by atoms with Gasteiger partial charge in [0.2, 0.25) is 0 Å². The minimum Gasteiger partial charge on any atom is -0.313 e. The van der Waals surface area contributed by atoms with Crippen molar-refractivity contribution in [3.05, 3.63) is 0 Å². The summed E-state index contributed by atoms with van der Waals surface area (Å²) in [5, 5.41) is 3.24. The average Bonchev–Trinajstić information content (AvgIpc) is 2.27. The molecule has 0 amide bonds. The van der Waals surface area contributed by atoms with Crippen LogP contribution in [0.3, 0.4) is 0 Å². The third-order valence-corrected chi connectivity index (χ3v) is 2.55. The summed E-state index contributed by atoms with van der Waals surface area (Å²) in [5.74, 6) is 0. The zero-order chi connectivity index (χ0) is 10.6. The molecule has 1 heterocycles. The lowest BCUT2D eigenvalue weighted by Gasteiger charge is -2.20. The van der Waals surface area contributed by atoms with Crippen LogP contribution in [0.5, 0.6) is 0 Å². The SMILES string of the molecule is CCC1CCN(CC(F)(F)F)CCN1. The molecule has 0 spiro atoms. The van der Waals surface area contributed by atoms with Crippen molar-refractivity contribution < 1.29 is 13.2 Å². The third kappa shape index (κ3) is 4.28. The first-order chi connectivity index (χ1) is 6.51. The van der Waals surface area contributed by atoms with Gasteiger partial charge in [0.15, 0.2) is 0 Å². The molecule has 0 bridgehead atoms. The van der Waals surface area contributed by atoms with Gasteiger partial charge >= 0.3 is 6.18 Å². The number of nitrogens with one attached hydrogen (secondary N) is 1. The van der Waals surface area contributed by atoms with Gasteiger partial charge in [0.25, 0.3) is 0 Å². The van der Waals surface area contributed by atoms with E-state index >= 15 is 0 Å². The van der Waals surface area contributed by atoms with Gasteiger partial charge in [-0.15, -0.1) is 0 Å². The number of alkyl halides is 3. The standard InChI is InChI=1S/C9H17F3N2/c1-2-8-3-5-14(6-4-13-8)7-9(10,11)12/h8,13H,2-7H2,1H3. The topological polar surface area (TPSA) is 15.3 Å². The van der Waals surface area contributed by atoms with Crippen LogP contribution in [-0.2, 0) is 0 Å². The normalized spacial score (nSPS) is 26.1. The second-order valence-electron chi connectivity index (χ2n) is 3.74. The summed E-state index contributed by atoms with van der Waals surface area (Å²) in [5.41, 5.74) is 0. The highest BCUT2D eigenvalue weighted by Gasteiger charge is 2.31. The van der Waals surface area contributed by atoms with Gasteiger partial charge < -0.3 is 5.32 Å². The van der Waals surface area contributed by atoms with Crippen molar-refractivity contribution in [1.29, 1.82) is 0 Å². The van der Waals surface area contributed by atoms with E-state index in [0.29, 0.717) is 25.7 Å². The van der Waals surface area contributed by atoms with Crippen LogP contribution in [0, 0.1) is 0 Å². The summed E-state index contributed by atoms with van der Waals surface area (Å²) in [4.78, 5) is 1.47. The summed E-state index contributed by atoms with van der Waals surface area (Å²) in [6.07, 6.45) is -2.27. The minimum atomic E-state index is -4.06. The van der Waals surface area contributed by atoms with Crippen LogP contribution >= 0.6 is 0 Å². The van der Waals surface area contributed by atoms with Crippen molar-refractivity contribution >= 4 is 0 Å². The van der Waals surface area contributed by atoms with Crippen molar-refractivity contribution in [2.75, 3.05) is 26.2 Å². The molecule has 0 radical (unpaired) electrons. The van der Waals surface area contributed by atoms with Crippen molar-refractivity contribution in [2.45, 2.75) is 32.0 Å². The van der Waals surface area contributed by atoms with E-state index in [0.717, 1.165) is 12.8 Å². The summed E-state index contributed by atoms with van der Waals surface area (Å²) in [7, 11) is 0. The van der Waals surface area contributed by atoms with Crippen LogP contribution in [0.25, 0.3) is 0 Å². The van der Waals surface area contributed by atoms with Crippen LogP contribution < -0.4 is 5.32 Å². The Labute approximate surface area is 82.5 Å². The van der Waals surface area contributed by atoms with Crippen molar-refractivity contribution in [2.24, 2.45) is 0 Å². The Bertz CT molecular complexity index is 170. The van der Waals surface area contributed by atoms with Gasteiger partial charge in [0.05, 0.1) is 6.54 Å². The molecule has 2 nitrogen and oxygen atoms in total. The van der Waals surface area contributed by atoms with Gasteiger partial charge in [-0.2, -0.15) is 13.2 Å². The van der Waals surface area contributed by atoms with E-state index < -0.39 is 12.7 Å². The van der Waals surface area contributed by atoms with Crippen LogP contribution in [0.2, 0.25) is 0 Å². The van der Waals surface area contributed by atoms with Gasteiger partial charge in [0.1, 0.15) is 0 Å². The number of nitrogens with zero attached hydrogens (tertiary/aromatic N) is 1. The minimum absolute atomic E-state index is 0.383. The maximum Gasteiger partial charge on any atom is 0.401 e. The molecule has 1 N–H and O–H groups in total. The number of hydrogen-bond donors (Lipinski definition) is 1. The van der Waals surface area contributed by atoms with Gasteiger partial charge in [-0.05, 0) is 12.8 Å². The molecule has 1 atom stereocenters. The Morgan fingerprint density at radius 1 is 1.36 bits per heavy atom. The highest BCUT2D eigenvalue weighted by Crippen LogP contribution is 2.17. The molecule has 0 aromatic carbocycles. The number of hydrogen-bond acceptors (Lipinski definition) is 2. The van der Waals surface area contributed by atoms with Gasteiger partial charge in [0, 0.05) is 25.7 Å². The molecule has 1 aliphatic rings. The zero-order valence-electron chi connectivity index (χ0n) is 8.40. The van der Waals surface area contributed by atoms with E-state index in [1.54, 1.807) is 0 Å². The predicted octanol–water partition coefficient (Wildman–Crippen LogP) is 1.62. The van der Waals surface area contributed by atoms with Crippen molar-refractivity contribution in [3.8, 4) is 0 Å². The molecular formula is C9H17F3N2. The fraction of sp³-hybridized carbons (Fsp3) is 1.00. The number of halogens is 3. The van der Waals surface area contributed by atoms with E-state index in [9.17, 15) is 13.2 Å². The van der Waals surface area contributed by atoms with Gasteiger partial charge in [-0.25, -0.2) is 0 Å². The average molecular weight is 210 g/mol. The predicted molar refractivity (Wildman–Crippen MR) is 49.2 cm³/mol. The zero-order valence-corrected chi connectivity index (χ0v) is 8.40. The Kier molecular flexibility index (Phi) is 4.19. The quantitative estimate of drug-likeness (QED) is 0.745. The molecule has 1 unspecified atom stereocenters. The van der Waals surface area contributed by atoms with Gasteiger partial charge in [-0.1, -0.05) is 6.92 Å². The molecule has 5 heteroatoms. The van der Waals surface area contributed by atoms with Crippen LogP contribution in [0.15, 0.2) is 0 Å². The second kappa shape index (κ2) is 4.98. The summed E-state index contributed by atoms with van der Waals surface area (Å²) >= 11 is 0. The smallest absolute Gasteiger partial charge is 0.313 e. The van der Waals surface area contributed by atoms with Crippen LogP contribution in [0.1, 0.15) is 19.8 Å². The molecule has 1 fully saturated rings. The lowest BCUT2D eigenvalue weighted by molar-refractivity contribution is -0.145. The molecule has 0 saturated carbocycles. The first-order valence-electron chi connectivity index (χ1n) is 5.04. The summed E-state index contributed by atoms with van der Waals surface area (Å²) in [6.45, 7) is 2.98. The first-order valence-corrected chi connectivity index (χ1v) is 5.04. The van der Waals surface area contributed by atoms with E-state index in [-0.39, 0.29) is 0 Å². The summed E-state index contributed by atoms with van der Waals surface area (Å²) < 4.78 is 36.3. The highest BCUT2D eigenvalue weighted by molar-refractivity contribution is 4.75. The first kappa shape index (κ1) is 11.8. The molecule has 1 rings (SSSR count). The van der Waals surface area contributed by atoms with E-state index in [4.69, 9.17) is 0 Å². The fourth-order valence-corrected chi connectivity index (χ4v) is 1.74. The van der Waals surface area contributed by atoms with E-state index in [2.05, 4.69) is 12.2 Å². The lowest BCUT2D eigenvalue weighted by atomic mass is 10.1. The molecule has 0 aliphatic carbocycles. The summed E-state index contributed by atoms with van der Waals surface area (Å²) in [6, 6.07) is 0.383. The Hall–Kier alpha value is -0.290. The Morgan fingerprint density at radius 2 is 2.07 bits per heavy atom. The fourth-order valence-electron chi connectivity index (χ4n) is 1.74. The molecule has 0 aromatic heterocycles. The molecule has 84 valence electrons. The van der Waals surface area contributed by atoms with Gasteiger partial charge in [-0.3, -0.25) is 4.90 Å². The maximum absolute atomic E-state index is 12.1. The highest BCUT2D eigenvalue weighted by atomic mass is 19.4. The second-order valence-corrected chi connectivity index (χ2v) is 3.74. The van der Waals surface area contributed by atoms with E-state index in [1.165, 1.54) is 4.90 Å². The molecule has 14 heavy (non-hydrogen) atoms. The van der Waals surface area contributed by atoms with Crippen molar-refractivity contribution in [1.82, 2.24) is 10.2 Å². The largest absolute Gasteiger partial charge is 0.401 e. The molecule has 0 aromatic rings. The lowest BCUT2D eigenvalue weighted by Crippen LogP contribution is -2.36. The van der Waals surface area contributed by atoms with Crippen molar-refractivity contribution in [3.63, 3.8) is 0 Å². The van der Waals surface area contributed by atoms with Crippen LogP contribution in [0.4, 0.5) is 13.2 Å². The van der Waals surface area contributed by atoms with Crippen LogP contribution in [-0.4, -0.2) is 43.3 Å². The maximum atomic E-state index is 12.1.